The fourth-order valence-corrected chi connectivity index (χ4v) is 3.55. The average Bonchev–Trinajstić information content (AvgIpc) is 3.32. The van der Waals surface area contributed by atoms with E-state index in [1.165, 1.54) is 6.20 Å². The number of hydrogen-bond donors (Lipinski definition) is 3. The van der Waals surface area contributed by atoms with Gasteiger partial charge in [0.05, 0.1) is 17.9 Å². The Kier molecular flexibility index (Phi) is 2.93. The van der Waals surface area contributed by atoms with Gasteiger partial charge >= 0.3 is 0 Å². The van der Waals surface area contributed by atoms with Crippen LogP contribution in [0.15, 0.2) is 30.6 Å². The number of piperazine rings is 1. The van der Waals surface area contributed by atoms with E-state index in [-0.39, 0.29) is 5.82 Å². The van der Waals surface area contributed by atoms with Crippen LogP contribution < -0.4 is 15.5 Å². The molecule has 0 spiro atoms. The van der Waals surface area contributed by atoms with Gasteiger partial charge in [-0.2, -0.15) is 10.1 Å². The van der Waals surface area contributed by atoms with Gasteiger partial charge in [0.15, 0.2) is 11.6 Å². The van der Waals surface area contributed by atoms with Crippen molar-refractivity contribution in [2.24, 2.45) is 0 Å². The average molecular weight is 325 g/mol. The highest BCUT2D eigenvalue weighted by atomic mass is 19.1. The summed E-state index contributed by atoms with van der Waals surface area (Å²) in [6.45, 7) is 1.81. The van der Waals surface area contributed by atoms with Crippen molar-refractivity contribution < 1.29 is 4.39 Å². The van der Waals surface area contributed by atoms with Crippen LogP contribution in [0.5, 0.6) is 0 Å². The standard InChI is InChI=1S/C16H16FN7/c17-13-7-19-16(24-8-11-4-12(24)6-18-11)22-15(13)21-10-1-2-14-9(3-10)5-20-23-14/h1-3,5,7,11-12,18H,4,6,8H2,(H,20,23)(H,19,21,22). The first-order chi connectivity index (χ1) is 11.8. The molecule has 5 rings (SSSR count). The minimum Gasteiger partial charge on any atom is -0.338 e. The fourth-order valence-electron chi connectivity index (χ4n) is 3.55. The lowest BCUT2D eigenvalue weighted by molar-refractivity contribution is 0.567. The van der Waals surface area contributed by atoms with E-state index in [0.29, 0.717) is 18.0 Å². The number of halogens is 1. The van der Waals surface area contributed by atoms with Gasteiger partial charge in [-0.05, 0) is 24.6 Å². The first kappa shape index (κ1) is 13.7. The number of nitrogens with one attached hydrogen (secondary N) is 3. The van der Waals surface area contributed by atoms with Crippen molar-refractivity contribution in [2.45, 2.75) is 18.5 Å². The smallest absolute Gasteiger partial charge is 0.227 e. The lowest BCUT2D eigenvalue weighted by Crippen LogP contribution is -2.44. The number of anilines is 3. The fraction of sp³-hybridized carbons (Fsp3) is 0.312. The number of fused-ring (bicyclic) bond motifs is 3. The summed E-state index contributed by atoms with van der Waals surface area (Å²) < 4.78 is 14.1. The number of benzene rings is 1. The lowest BCUT2D eigenvalue weighted by Gasteiger charge is -2.27. The Labute approximate surface area is 137 Å². The highest BCUT2D eigenvalue weighted by molar-refractivity contribution is 5.82. The van der Waals surface area contributed by atoms with E-state index < -0.39 is 5.82 Å². The molecule has 2 fully saturated rings. The maximum absolute atomic E-state index is 14.1. The molecule has 4 heterocycles. The summed E-state index contributed by atoms with van der Waals surface area (Å²) in [5.41, 5.74) is 1.70. The maximum Gasteiger partial charge on any atom is 0.227 e. The summed E-state index contributed by atoms with van der Waals surface area (Å²) in [5.74, 6) is 0.310. The Bertz CT molecular complexity index is 908. The zero-order valence-electron chi connectivity index (χ0n) is 12.8. The van der Waals surface area contributed by atoms with Gasteiger partial charge < -0.3 is 15.5 Å². The number of hydrogen-bond acceptors (Lipinski definition) is 6. The lowest BCUT2D eigenvalue weighted by atomic mass is 10.2. The molecule has 2 saturated heterocycles. The van der Waals surface area contributed by atoms with Crippen LogP contribution in [0.1, 0.15) is 6.42 Å². The van der Waals surface area contributed by atoms with Gasteiger partial charge in [-0.25, -0.2) is 9.37 Å². The Morgan fingerprint density at radius 3 is 3.08 bits per heavy atom. The quantitative estimate of drug-likeness (QED) is 0.681. The second-order valence-electron chi connectivity index (χ2n) is 6.31. The van der Waals surface area contributed by atoms with Gasteiger partial charge in [0.25, 0.3) is 0 Å². The summed E-state index contributed by atoms with van der Waals surface area (Å²) in [6.07, 6.45) is 4.07. The molecule has 1 aromatic carbocycles. The van der Waals surface area contributed by atoms with Crippen LogP contribution >= 0.6 is 0 Å². The van der Waals surface area contributed by atoms with Crippen LogP contribution in [0.25, 0.3) is 10.9 Å². The molecule has 2 unspecified atom stereocenters. The van der Waals surface area contributed by atoms with E-state index in [4.69, 9.17) is 0 Å². The van der Waals surface area contributed by atoms with Gasteiger partial charge in [0, 0.05) is 36.2 Å². The van der Waals surface area contributed by atoms with Crippen LogP contribution in [0, 0.1) is 5.82 Å². The van der Waals surface area contributed by atoms with Gasteiger partial charge in [0.1, 0.15) is 0 Å². The van der Waals surface area contributed by atoms with Gasteiger partial charge in [-0.15, -0.1) is 0 Å². The van der Waals surface area contributed by atoms with Crippen molar-refractivity contribution in [3.05, 3.63) is 36.4 Å². The number of rotatable bonds is 3. The van der Waals surface area contributed by atoms with Crippen LogP contribution in [0.2, 0.25) is 0 Å². The van der Waals surface area contributed by atoms with E-state index >= 15 is 0 Å². The molecule has 2 aromatic heterocycles. The van der Waals surface area contributed by atoms with Crippen molar-refractivity contribution >= 4 is 28.4 Å². The molecule has 0 radical (unpaired) electrons. The molecule has 0 saturated carbocycles. The number of aromatic nitrogens is 4. The monoisotopic (exact) mass is 325 g/mol. The second-order valence-corrected chi connectivity index (χ2v) is 6.31. The number of nitrogens with zero attached hydrogens (tertiary/aromatic N) is 4. The summed E-state index contributed by atoms with van der Waals surface area (Å²) in [5, 5.41) is 14.3. The van der Waals surface area contributed by atoms with Crippen molar-refractivity contribution in [3.63, 3.8) is 0 Å². The second kappa shape index (κ2) is 5.13. The van der Waals surface area contributed by atoms with Crippen molar-refractivity contribution in [3.8, 4) is 0 Å². The Morgan fingerprint density at radius 1 is 1.29 bits per heavy atom. The van der Waals surface area contributed by atoms with Gasteiger partial charge in [0.2, 0.25) is 5.95 Å². The highest BCUT2D eigenvalue weighted by Gasteiger charge is 2.39. The van der Waals surface area contributed by atoms with Crippen LogP contribution in [-0.2, 0) is 0 Å². The molecular weight excluding hydrogens is 309 g/mol. The molecule has 122 valence electrons. The highest BCUT2D eigenvalue weighted by Crippen LogP contribution is 2.29. The molecule has 2 aliphatic rings. The van der Waals surface area contributed by atoms with Gasteiger partial charge in [-0.1, -0.05) is 0 Å². The molecule has 0 aliphatic carbocycles. The maximum atomic E-state index is 14.1. The first-order valence-corrected chi connectivity index (χ1v) is 7.99. The molecule has 2 bridgehead atoms. The molecule has 3 N–H and O–H groups in total. The molecule has 8 heteroatoms. The molecule has 24 heavy (non-hydrogen) atoms. The summed E-state index contributed by atoms with van der Waals surface area (Å²) in [6, 6.07) is 6.56. The molecule has 0 amide bonds. The normalized spacial score (nSPS) is 22.5. The predicted molar refractivity (Wildman–Crippen MR) is 88.9 cm³/mol. The molecule has 2 aliphatic heterocycles. The van der Waals surface area contributed by atoms with E-state index in [9.17, 15) is 4.39 Å². The predicted octanol–water partition coefficient (Wildman–Crippen LogP) is 1.79. The minimum absolute atomic E-state index is 0.193. The Balaban J connectivity index is 1.45. The number of aromatic amines is 1. The Morgan fingerprint density at radius 2 is 2.25 bits per heavy atom. The molecule has 7 nitrogen and oxygen atoms in total. The topological polar surface area (TPSA) is 81.8 Å². The van der Waals surface area contributed by atoms with E-state index in [1.807, 2.05) is 18.2 Å². The van der Waals surface area contributed by atoms with E-state index in [2.05, 4.69) is 35.7 Å². The van der Waals surface area contributed by atoms with E-state index in [1.54, 1.807) is 6.20 Å². The largest absolute Gasteiger partial charge is 0.338 e. The third kappa shape index (κ3) is 2.18. The third-order valence-electron chi connectivity index (χ3n) is 4.75. The zero-order valence-corrected chi connectivity index (χ0v) is 12.8. The van der Waals surface area contributed by atoms with Crippen molar-refractivity contribution in [2.75, 3.05) is 23.3 Å². The molecule has 3 aromatic rings. The van der Waals surface area contributed by atoms with Crippen LogP contribution in [0.4, 0.5) is 21.8 Å². The summed E-state index contributed by atoms with van der Waals surface area (Å²) >= 11 is 0. The van der Waals surface area contributed by atoms with E-state index in [0.717, 1.165) is 36.1 Å². The van der Waals surface area contributed by atoms with Crippen molar-refractivity contribution in [1.29, 1.82) is 0 Å². The van der Waals surface area contributed by atoms with Crippen LogP contribution in [0.3, 0.4) is 0 Å². The molecular formula is C16H16FN7. The van der Waals surface area contributed by atoms with Crippen molar-refractivity contribution in [1.82, 2.24) is 25.5 Å². The zero-order chi connectivity index (χ0) is 16.1. The third-order valence-corrected chi connectivity index (χ3v) is 4.75. The number of H-pyrrole nitrogens is 1. The van der Waals surface area contributed by atoms with Gasteiger partial charge in [-0.3, -0.25) is 5.10 Å². The SMILES string of the molecule is Fc1cnc(N2CC3CC2CN3)nc1Nc1ccc2[nH]ncc2c1. The van der Waals surface area contributed by atoms with Crippen LogP contribution in [-0.4, -0.2) is 45.3 Å². The summed E-state index contributed by atoms with van der Waals surface area (Å²) in [7, 11) is 0. The summed E-state index contributed by atoms with van der Waals surface area (Å²) in [4.78, 5) is 10.8. The first-order valence-electron chi connectivity index (χ1n) is 7.99. The Hall–Kier alpha value is -2.74. The minimum atomic E-state index is -0.464. The molecule has 2 atom stereocenters.